The van der Waals surface area contributed by atoms with Gasteiger partial charge in [0.05, 0.1) is 0 Å². The minimum Gasteiger partial charge on any atom is -0.354 e. The van der Waals surface area contributed by atoms with Crippen molar-refractivity contribution in [3.8, 4) is 0 Å². The first-order valence-corrected chi connectivity index (χ1v) is 4.77. The van der Waals surface area contributed by atoms with Gasteiger partial charge in [0.2, 0.25) is 5.91 Å². The zero-order valence-electron chi connectivity index (χ0n) is 8.16. The molecular weight excluding hydrogens is 184 g/mol. The number of nitrogens with zero attached hydrogens (tertiary/aromatic N) is 1. The molecule has 2 amide bonds. The number of carbonyl (C=O) groups is 2. The van der Waals surface area contributed by atoms with Crippen molar-refractivity contribution in [2.75, 3.05) is 0 Å². The largest absolute Gasteiger partial charge is 0.354 e. The normalized spacial score (nSPS) is 26.6. The van der Waals surface area contributed by atoms with Crippen molar-refractivity contribution in [2.45, 2.75) is 38.6 Å². The first-order valence-electron chi connectivity index (χ1n) is 4.77. The van der Waals surface area contributed by atoms with Crippen LogP contribution in [-0.4, -0.2) is 17.9 Å². The van der Waals surface area contributed by atoms with Crippen LogP contribution in [0.25, 0.3) is 0 Å². The van der Waals surface area contributed by atoms with Crippen molar-refractivity contribution in [3.05, 3.63) is 4.91 Å². The van der Waals surface area contributed by atoms with E-state index in [-0.39, 0.29) is 17.9 Å². The first kappa shape index (κ1) is 10.8. The Morgan fingerprint density at radius 2 is 2.07 bits per heavy atom. The van der Waals surface area contributed by atoms with Crippen LogP contribution in [0.2, 0.25) is 0 Å². The van der Waals surface area contributed by atoms with Crippen LogP contribution < -0.4 is 5.32 Å². The summed E-state index contributed by atoms with van der Waals surface area (Å²) in [6, 6.07) is 0.0250. The van der Waals surface area contributed by atoms with Crippen LogP contribution in [0.4, 0.5) is 0 Å². The second-order valence-corrected chi connectivity index (χ2v) is 3.69. The zero-order valence-corrected chi connectivity index (χ0v) is 8.16. The average Bonchev–Trinajstić information content (AvgIpc) is 2.16. The number of hydrogen-bond acceptors (Lipinski definition) is 3. The summed E-state index contributed by atoms with van der Waals surface area (Å²) in [5.74, 6) is -0.972. The summed E-state index contributed by atoms with van der Waals surface area (Å²) in [5.41, 5.74) is 0. The van der Waals surface area contributed by atoms with E-state index < -0.39 is 5.91 Å². The Kier molecular flexibility index (Phi) is 3.73. The molecule has 0 aromatic carbocycles. The van der Waals surface area contributed by atoms with Gasteiger partial charge in [-0.2, -0.15) is 0 Å². The summed E-state index contributed by atoms with van der Waals surface area (Å²) >= 11 is 0. The lowest BCUT2D eigenvalue weighted by molar-refractivity contribution is -0.124. The van der Waals surface area contributed by atoms with Gasteiger partial charge in [0.25, 0.3) is 5.91 Å². The van der Waals surface area contributed by atoms with Crippen molar-refractivity contribution in [1.29, 1.82) is 0 Å². The number of hydrogen-bond donors (Lipinski definition) is 1. The van der Waals surface area contributed by atoms with Gasteiger partial charge >= 0.3 is 0 Å². The molecule has 1 fully saturated rings. The lowest BCUT2D eigenvalue weighted by Crippen LogP contribution is -2.38. The van der Waals surface area contributed by atoms with E-state index in [0.717, 1.165) is 12.8 Å². The Morgan fingerprint density at radius 3 is 2.64 bits per heavy atom. The van der Waals surface area contributed by atoms with Gasteiger partial charge < -0.3 is 5.32 Å². The van der Waals surface area contributed by atoms with E-state index in [4.69, 9.17) is 0 Å². The molecule has 1 saturated carbocycles. The topological polar surface area (TPSA) is 75.6 Å². The van der Waals surface area contributed by atoms with Crippen LogP contribution in [0.3, 0.4) is 0 Å². The van der Waals surface area contributed by atoms with E-state index in [0.29, 0.717) is 12.8 Å². The predicted octanol–water partition coefficient (Wildman–Crippen LogP) is 0.974. The van der Waals surface area contributed by atoms with Crippen LogP contribution in [0.15, 0.2) is 5.18 Å². The second-order valence-electron chi connectivity index (χ2n) is 3.69. The Hall–Kier alpha value is -1.26. The molecule has 5 nitrogen and oxygen atoms in total. The second kappa shape index (κ2) is 4.83. The average molecular weight is 198 g/mol. The molecule has 0 aromatic heterocycles. The maximum absolute atomic E-state index is 11.0. The van der Waals surface area contributed by atoms with Gasteiger partial charge in [-0.15, -0.1) is 4.91 Å². The smallest absolute Gasteiger partial charge is 0.289 e. The third-order valence-corrected chi connectivity index (χ3v) is 2.52. The highest BCUT2D eigenvalue weighted by Crippen LogP contribution is 2.25. The van der Waals surface area contributed by atoms with Crippen LogP contribution >= 0.6 is 0 Å². The Labute approximate surface area is 82.2 Å². The SMILES string of the molecule is CC(=O)NC1CCCC(C(=O)N=O)C1. The van der Waals surface area contributed by atoms with E-state index >= 15 is 0 Å². The lowest BCUT2D eigenvalue weighted by Gasteiger charge is -2.26. The molecule has 1 aliphatic carbocycles. The third-order valence-electron chi connectivity index (χ3n) is 2.52. The van der Waals surface area contributed by atoms with E-state index in [9.17, 15) is 14.5 Å². The highest BCUT2D eigenvalue weighted by molar-refractivity contribution is 5.79. The molecule has 1 rings (SSSR count). The van der Waals surface area contributed by atoms with Crippen molar-refractivity contribution < 1.29 is 9.59 Å². The van der Waals surface area contributed by atoms with Crippen molar-refractivity contribution in [2.24, 2.45) is 11.1 Å². The number of rotatable bonds is 2. The molecule has 2 atom stereocenters. The Bertz CT molecular complexity index is 252. The van der Waals surface area contributed by atoms with Crippen molar-refractivity contribution >= 4 is 11.8 Å². The lowest BCUT2D eigenvalue weighted by atomic mass is 9.85. The van der Waals surface area contributed by atoms with Gasteiger partial charge in [0, 0.05) is 24.1 Å². The molecule has 0 radical (unpaired) electrons. The van der Waals surface area contributed by atoms with E-state index in [2.05, 4.69) is 10.5 Å². The van der Waals surface area contributed by atoms with Gasteiger partial charge in [-0.25, -0.2) is 0 Å². The molecule has 0 bridgehead atoms. The molecule has 78 valence electrons. The van der Waals surface area contributed by atoms with Gasteiger partial charge in [-0.05, 0) is 19.3 Å². The molecule has 0 spiro atoms. The molecule has 5 heteroatoms. The quantitative estimate of drug-likeness (QED) is 0.672. The summed E-state index contributed by atoms with van der Waals surface area (Å²) in [5, 5.41) is 5.18. The maximum Gasteiger partial charge on any atom is 0.289 e. The maximum atomic E-state index is 11.0. The molecule has 2 unspecified atom stereocenters. The van der Waals surface area contributed by atoms with Gasteiger partial charge in [-0.1, -0.05) is 6.42 Å². The van der Waals surface area contributed by atoms with Crippen molar-refractivity contribution in [3.63, 3.8) is 0 Å². The molecule has 1 N–H and O–H groups in total. The molecular formula is C9H14N2O3. The molecule has 0 aliphatic heterocycles. The Morgan fingerprint density at radius 1 is 1.36 bits per heavy atom. The zero-order chi connectivity index (χ0) is 10.6. The van der Waals surface area contributed by atoms with E-state index in [1.165, 1.54) is 6.92 Å². The molecule has 0 heterocycles. The standard InChI is InChI=1S/C9H14N2O3/c1-6(12)10-8-4-2-3-7(5-8)9(13)11-14/h7-8H,2-5H2,1H3,(H,10,12). The Balaban J connectivity index is 2.47. The summed E-state index contributed by atoms with van der Waals surface area (Å²) in [6.07, 6.45) is 2.99. The van der Waals surface area contributed by atoms with Crippen molar-refractivity contribution in [1.82, 2.24) is 5.32 Å². The minimum atomic E-state index is -0.583. The van der Waals surface area contributed by atoms with Crippen LogP contribution in [0.5, 0.6) is 0 Å². The molecule has 1 aliphatic rings. The number of carbonyl (C=O) groups excluding carboxylic acids is 2. The van der Waals surface area contributed by atoms with E-state index in [1.807, 2.05) is 0 Å². The highest BCUT2D eigenvalue weighted by atomic mass is 16.3. The first-order chi connectivity index (χ1) is 6.63. The van der Waals surface area contributed by atoms with Gasteiger partial charge in [-0.3, -0.25) is 9.59 Å². The summed E-state index contributed by atoms with van der Waals surface area (Å²) in [7, 11) is 0. The summed E-state index contributed by atoms with van der Waals surface area (Å²) < 4.78 is 0. The minimum absolute atomic E-state index is 0.0250. The fraction of sp³-hybridized carbons (Fsp3) is 0.778. The monoisotopic (exact) mass is 198 g/mol. The molecule has 14 heavy (non-hydrogen) atoms. The summed E-state index contributed by atoms with van der Waals surface area (Å²) in [4.78, 5) is 31.8. The van der Waals surface area contributed by atoms with Crippen LogP contribution in [0, 0.1) is 10.8 Å². The van der Waals surface area contributed by atoms with E-state index in [1.54, 1.807) is 0 Å². The third kappa shape index (κ3) is 2.90. The number of nitroso groups, excluding NO2 is 1. The molecule has 0 aromatic rings. The fourth-order valence-corrected chi connectivity index (χ4v) is 1.91. The number of nitrogens with one attached hydrogen (secondary N) is 1. The highest BCUT2D eigenvalue weighted by Gasteiger charge is 2.27. The van der Waals surface area contributed by atoms with Gasteiger partial charge in [0.15, 0.2) is 0 Å². The van der Waals surface area contributed by atoms with Gasteiger partial charge in [0.1, 0.15) is 0 Å². The molecule has 0 saturated heterocycles. The summed E-state index contributed by atoms with van der Waals surface area (Å²) in [6.45, 7) is 1.45. The predicted molar refractivity (Wildman–Crippen MR) is 50.4 cm³/mol. The van der Waals surface area contributed by atoms with Crippen LogP contribution in [-0.2, 0) is 9.59 Å². The van der Waals surface area contributed by atoms with Crippen LogP contribution in [0.1, 0.15) is 32.6 Å². The fourth-order valence-electron chi connectivity index (χ4n) is 1.91. The number of amides is 2.